The molecule has 6 heteroatoms. The molecule has 5 nitrogen and oxygen atoms in total. The first kappa shape index (κ1) is 20.3. The Hall–Kier alpha value is -2.99. The van der Waals surface area contributed by atoms with E-state index in [0.29, 0.717) is 17.3 Å². The number of carbonyl (C=O) groups excluding carboxylic acids is 2. The van der Waals surface area contributed by atoms with Gasteiger partial charge in [0.15, 0.2) is 0 Å². The molecular weight excluding hydrogens is 394 g/mol. The Bertz CT molecular complexity index is 1030. The summed E-state index contributed by atoms with van der Waals surface area (Å²) in [5.41, 5.74) is 2.23. The summed E-state index contributed by atoms with van der Waals surface area (Å²) in [4.78, 5) is 31.3. The van der Waals surface area contributed by atoms with E-state index in [4.69, 9.17) is 0 Å². The lowest BCUT2D eigenvalue weighted by molar-refractivity contribution is -0.111. The van der Waals surface area contributed by atoms with Gasteiger partial charge in [0.1, 0.15) is 5.01 Å². The first-order valence-corrected chi connectivity index (χ1v) is 11.1. The molecule has 0 radical (unpaired) electrons. The lowest BCUT2D eigenvalue weighted by atomic mass is 9.94. The van der Waals surface area contributed by atoms with Gasteiger partial charge in [0.2, 0.25) is 5.91 Å². The summed E-state index contributed by atoms with van der Waals surface area (Å²) in [5.74, 6) is -0.192. The molecule has 1 saturated carbocycles. The zero-order valence-electron chi connectivity index (χ0n) is 17.0. The van der Waals surface area contributed by atoms with E-state index in [1.807, 2.05) is 36.2 Å². The summed E-state index contributed by atoms with van der Waals surface area (Å²) in [6.45, 7) is 0. The minimum Gasteiger partial charge on any atom is -0.339 e. The van der Waals surface area contributed by atoms with Gasteiger partial charge in [-0.15, -0.1) is 11.3 Å². The Morgan fingerprint density at radius 1 is 1.07 bits per heavy atom. The molecule has 3 aromatic rings. The van der Waals surface area contributed by atoms with Crippen molar-refractivity contribution in [2.24, 2.45) is 0 Å². The largest absolute Gasteiger partial charge is 0.339 e. The molecule has 30 heavy (non-hydrogen) atoms. The molecule has 2 aromatic carbocycles. The summed E-state index contributed by atoms with van der Waals surface area (Å²) in [7, 11) is 1.89. The van der Waals surface area contributed by atoms with Gasteiger partial charge < -0.3 is 10.2 Å². The van der Waals surface area contributed by atoms with Gasteiger partial charge >= 0.3 is 0 Å². The van der Waals surface area contributed by atoms with Crippen molar-refractivity contribution in [3.8, 4) is 0 Å². The summed E-state index contributed by atoms with van der Waals surface area (Å²) in [6, 6.07) is 15.3. The standard InChI is InChI=1S/C24H25N3O2S/c1-27(19-7-3-2-4-8-19)24(29)17-11-13-18(14-12-17)25-22(28)15-16-23-26-20-9-5-6-10-21(20)30-23/h5-6,9-16,19H,2-4,7-8H2,1H3,(H,25,28)/b16-15+. The van der Waals surface area contributed by atoms with E-state index in [9.17, 15) is 9.59 Å². The zero-order valence-corrected chi connectivity index (χ0v) is 17.8. The van der Waals surface area contributed by atoms with Gasteiger partial charge in [0.25, 0.3) is 5.91 Å². The molecular formula is C24H25N3O2S. The van der Waals surface area contributed by atoms with Crippen LogP contribution in [-0.4, -0.2) is 34.8 Å². The van der Waals surface area contributed by atoms with Crippen molar-refractivity contribution in [3.63, 3.8) is 0 Å². The lowest BCUT2D eigenvalue weighted by Crippen LogP contribution is -2.38. The predicted molar refractivity (Wildman–Crippen MR) is 123 cm³/mol. The number of amides is 2. The summed E-state index contributed by atoms with van der Waals surface area (Å²) < 4.78 is 1.09. The van der Waals surface area contributed by atoms with Crippen LogP contribution in [0.15, 0.2) is 54.6 Å². The van der Waals surface area contributed by atoms with Crippen LogP contribution in [0, 0.1) is 0 Å². The average molecular weight is 420 g/mol. The highest BCUT2D eigenvalue weighted by Gasteiger charge is 2.22. The molecule has 1 aromatic heterocycles. The van der Waals surface area contributed by atoms with Gasteiger partial charge in [-0.3, -0.25) is 9.59 Å². The van der Waals surface area contributed by atoms with Crippen LogP contribution in [0.1, 0.15) is 47.5 Å². The first-order chi connectivity index (χ1) is 14.6. The maximum atomic E-state index is 12.7. The van der Waals surface area contributed by atoms with Crippen molar-refractivity contribution in [1.29, 1.82) is 0 Å². The van der Waals surface area contributed by atoms with Gasteiger partial charge in [0.05, 0.1) is 10.2 Å². The topological polar surface area (TPSA) is 62.3 Å². The fraction of sp³-hybridized carbons (Fsp3) is 0.292. The monoisotopic (exact) mass is 419 g/mol. The van der Waals surface area contributed by atoms with Crippen molar-refractivity contribution < 1.29 is 9.59 Å². The highest BCUT2D eigenvalue weighted by atomic mass is 32.1. The molecule has 2 amide bonds. The summed E-state index contributed by atoms with van der Waals surface area (Å²) in [5, 5.41) is 3.62. The molecule has 4 rings (SSSR count). The van der Waals surface area contributed by atoms with Crippen LogP contribution in [0.3, 0.4) is 0 Å². The molecule has 1 aliphatic rings. The van der Waals surface area contributed by atoms with Crippen molar-refractivity contribution in [1.82, 2.24) is 9.88 Å². The Balaban J connectivity index is 1.35. The smallest absolute Gasteiger partial charge is 0.253 e. The molecule has 1 heterocycles. The molecule has 0 unspecified atom stereocenters. The van der Waals surface area contributed by atoms with Crippen LogP contribution in [0.2, 0.25) is 0 Å². The average Bonchev–Trinajstić information content (AvgIpc) is 3.21. The van der Waals surface area contributed by atoms with Crippen LogP contribution in [0.4, 0.5) is 5.69 Å². The number of benzene rings is 2. The molecule has 154 valence electrons. The minimum atomic E-state index is -0.229. The second-order valence-corrected chi connectivity index (χ2v) is 8.69. The van der Waals surface area contributed by atoms with Crippen molar-refractivity contribution in [2.75, 3.05) is 12.4 Å². The van der Waals surface area contributed by atoms with E-state index >= 15 is 0 Å². The molecule has 0 spiro atoms. The number of thiazole rings is 1. The highest BCUT2D eigenvalue weighted by Crippen LogP contribution is 2.24. The number of nitrogens with zero attached hydrogens (tertiary/aromatic N) is 2. The van der Waals surface area contributed by atoms with Crippen LogP contribution >= 0.6 is 11.3 Å². The zero-order chi connectivity index (χ0) is 20.9. The quantitative estimate of drug-likeness (QED) is 0.567. The van der Waals surface area contributed by atoms with E-state index in [2.05, 4.69) is 10.3 Å². The molecule has 0 bridgehead atoms. The van der Waals surface area contributed by atoms with Crippen molar-refractivity contribution >= 4 is 45.1 Å². The maximum Gasteiger partial charge on any atom is 0.253 e. The molecule has 0 aliphatic heterocycles. The van der Waals surface area contributed by atoms with Crippen molar-refractivity contribution in [3.05, 3.63) is 65.2 Å². The molecule has 0 saturated heterocycles. The number of carbonyl (C=O) groups is 2. The number of rotatable bonds is 5. The fourth-order valence-corrected chi connectivity index (χ4v) is 4.70. The van der Waals surface area contributed by atoms with Crippen LogP contribution in [-0.2, 0) is 4.79 Å². The van der Waals surface area contributed by atoms with Gasteiger partial charge in [0, 0.05) is 30.4 Å². The number of fused-ring (bicyclic) bond motifs is 1. The molecule has 1 N–H and O–H groups in total. The summed E-state index contributed by atoms with van der Waals surface area (Å²) >= 11 is 1.54. The van der Waals surface area contributed by atoms with Gasteiger partial charge in [-0.25, -0.2) is 4.98 Å². The van der Waals surface area contributed by atoms with Crippen LogP contribution in [0.25, 0.3) is 16.3 Å². The number of hydrogen-bond acceptors (Lipinski definition) is 4. The van der Waals surface area contributed by atoms with E-state index in [1.165, 1.54) is 25.3 Å². The first-order valence-electron chi connectivity index (χ1n) is 10.3. The van der Waals surface area contributed by atoms with Gasteiger partial charge in [-0.05, 0) is 55.3 Å². The maximum absolute atomic E-state index is 12.7. The minimum absolute atomic E-state index is 0.0375. The van der Waals surface area contributed by atoms with Crippen LogP contribution < -0.4 is 5.32 Å². The molecule has 0 atom stereocenters. The third-order valence-corrected chi connectivity index (χ3v) is 6.53. The highest BCUT2D eigenvalue weighted by molar-refractivity contribution is 7.19. The van der Waals surface area contributed by atoms with E-state index in [-0.39, 0.29) is 11.8 Å². The number of para-hydroxylation sites is 1. The third-order valence-electron chi connectivity index (χ3n) is 5.53. The number of nitrogens with one attached hydrogen (secondary N) is 1. The Kier molecular flexibility index (Phi) is 6.23. The van der Waals surface area contributed by atoms with Gasteiger partial charge in [-0.2, -0.15) is 0 Å². The van der Waals surface area contributed by atoms with E-state index < -0.39 is 0 Å². The number of hydrogen-bond donors (Lipinski definition) is 1. The molecule has 1 fully saturated rings. The lowest BCUT2D eigenvalue weighted by Gasteiger charge is -2.31. The van der Waals surface area contributed by atoms with Crippen LogP contribution in [0.5, 0.6) is 0 Å². The predicted octanol–water partition coefficient (Wildman–Crippen LogP) is 5.35. The van der Waals surface area contributed by atoms with Gasteiger partial charge in [-0.1, -0.05) is 31.4 Å². The third kappa shape index (κ3) is 4.76. The second kappa shape index (κ2) is 9.22. The Labute approximate surface area is 180 Å². The molecule has 1 aliphatic carbocycles. The second-order valence-electron chi connectivity index (χ2n) is 7.63. The van der Waals surface area contributed by atoms with E-state index in [1.54, 1.807) is 41.7 Å². The van der Waals surface area contributed by atoms with Crippen molar-refractivity contribution in [2.45, 2.75) is 38.1 Å². The number of anilines is 1. The number of aromatic nitrogens is 1. The fourth-order valence-electron chi connectivity index (χ4n) is 3.83. The SMILES string of the molecule is CN(C(=O)c1ccc(NC(=O)/C=C/c2nc3ccccc3s2)cc1)C1CCCCC1. The summed E-state index contributed by atoms with van der Waals surface area (Å²) in [6.07, 6.45) is 9.01. The normalized spacial score (nSPS) is 14.8. The van der Waals surface area contributed by atoms with E-state index in [0.717, 1.165) is 28.1 Å². The Morgan fingerprint density at radius 2 is 1.80 bits per heavy atom. The Morgan fingerprint density at radius 3 is 2.53 bits per heavy atom.